The maximum atomic E-state index is 5.94. The van der Waals surface area contributed by atoms with Crippen molar-refractivity contribution in [3.05, 3.63) is 34.9 Å². The van der Waals surface area contributed by atoms with Crippen LogP contribution in [0.1, 0.15) is 44.2 Å². The van der Waals surface area contributed by atoms with Gasteiger partial charge in [0.25, 0.3) is 0 Å². The van der Waals surface area contributed by atoms with Crippen molar-refractivity contribution in [2.24, 2.45) is 5.73 Å². The van der Waals surface area contributed by atoms with E-state index < -0.39 is 0 Å². The topological polar surface area (TPSA) is 38.0 Å². The van der Waals surface area contributed by atoms with Gasteiger partial charge in [-0.15, -0.1) is 0 Å². The van der Waals surface area contributed by atoms with Crippen LogP contribution in [0.25, 0.3) is 0 Å². The van der Waals surface area contributed by atoms with Gasteiger partial charge < -0.3 is 11.1 Å². The lowest BCUT2D eigenvalue weighted by Gasteiger charge is -2.22. The van der Waals surface area contributed by atoms with Crippen LogP contribution >= 0.6 is 11.6 Å². The number of benzene rings is 1. The normalized spacial score (nSPS) is 26.1. The standard InChI is InChI=1S/C14H21ClN2/c1-2-14(10-3-5-11(15)6-4-10)17-13-8-7-12(16)9-13/h3-6,12-14,17H,2,7-9,16H2,1H3. The van der Waals surface area contributed by atoms with Gasteiger partial charge in [-0.05, 0) is 43.4 Å². The maximum Gasteiger partial charge on any atom is 0.0406 e. The summed E-state index contributed by atoms with van der Waals surface area (Å²) < 4.78 is 0. The average molecular weight is 253 g/mol. The van der Waals surface area contributed by atoms with Crippen LogP contribution in [0, 0.1) is 0 Å². The van der Waals surface area contributed by atoms with E-state index in [-0.39, 0.29) is 0 Å². The third-order valence-electron chi connectivity index (χ3n) is 3.59. The van der Waals surface area contributed by atoms with Crippen molar-refractivity contribution in [1.29, 1.82) is 0 Å². The summed E-state index contributed by atoms with van der Waals surface area (Å²) >= 11 is 5.91. The van der Waals surface area contributed by atoms with E-state index in [2.05, 4.69) is 24.4 Å². The zero-order valence-corrected chi connectivity index (χ0v) is 11.1. The Labute approximate surface area is 109 Å². The molecule has 17 heavy (non-hydrogen) atoms. The number of nitrogens with one attached hydrogen (secondary N) is 1. The summed E-state index contributed by atoms with van der Waals surface area (Å²) in [7, 11) is 0. The number of halogens is 1. The highest BCUT2D eigenvalue weighted by Gasteiger charge is 2.23. The molecular formula is C14H21ClN2. The molecule has 1 aliphatic carbocycles. The molecule has 0 amide bonds. The quantitative estimate of drug-likeness (QED) is 0.863. The zero-order chi connectivity index (χ0) is 12.3. The Morgan fingerprint density at radius 2 is 2.06 bits per heavy atom. The van der Waals surface area contributed by atoms with Crippen molar-refractivity contribution in [3.63, 3.8) is 0 Å². The van der Waals surface area contributed by atoms with Crippen molar-refractivity contribution >= 4 is 11.6 Å². The molecule has 1 aromatic carbocycles. The smallest absolute Gasteiger partial charge is 0.0406 e. The van der Waals surface area contributed by atoms with Crippen molar-refractivity contribution in [3.8, 4) is 0 Å². The number of hydrogen-bond acceptors (Lipinski definition) is 2. The van der Waals surface area contributed by atoms with E-state index in [1.807, 2.05) is 12.1 Å². The van der Waals surface area contributed by atoms with Crippen LogP contribution in [0.2, 0.25) is 5.02 Å². The third kappa shape index (κ3) is 3.44. The van der Waals surface area contributed by atoms with Gasteiger partial charge in [-0.25, -0.2) is 0 Å². The van der Waals surface area contributed by atoms with Gasteiger partial charge in [0.15, 0.2) is 0 Å². The Morgan fingerprint density at radius 3 is 2.59 bits per heavy atom. The van der Waals surface area contributed by atoms with Crippen molar-refractivity contribution in [2.75, 3.05) is 0 Å². The molecule has 2 rings (SSSR count). The predicted molar refractivity (Wildman–Crippen MR) is 73.2 cm³/mol. The Morgan fingerprint density at radius 1 is 1.35 bits per heavy atom. The van der Waals surface area contributed by atoms with E-state index in [9.17, 15) is 0 Å². The highest BCUT2D eigenvalue weighted by molar-refractivity contribution is 6.30. The molecule has 94 valence electrons. The van der Waals surface area contributed by atoms with Gasteiger partial charge in [0.2, 0.25) is 0 Å². The van der Waals surface area contributed by atoms with Crippen molar-refractivity contribution in [1.82, 2.24) is 5.32 Å². The maximum absolute atomic E-state index is 5.94. The van der Waals surface area contributed by atoms with Gasteiger partial charge >= 0.3 is 0 Å². The molecule has 3 heteroatoms. The number of rotatable bonds is 4. The molecule has 0 bridgehead atoms. The molecular weight excluding hydrogens is 232 g/mol. The van der Waals surface area contributed by atoms with Crippen molar-refractivity contribution < 1.29 is 0 Å². The van der Waals surface area contributed by atoms with E-state index >= 15 is 0 Å². The van der Waals surface area contributed by atoms with Gasteiger partial charge in [-0.3, -0.25) is 0 Å². The van der Waals surface area contributed by atoms with Crippen LogP contribution < -0.4 is 11.1 Å². The molecule has 3 N–H and O–H groups in total. The molecule has 1 aromatic rings. The fourth-order valence-electron chi connectivity index (χ4n) is 2.60. The second-order valence-electron chi connectivity index (χ2n) is 4.95. The molecule has 0 aliphatic heterocycles. The fraction of sp³-hybridized carbons (Fsp3) is 0.571. The Hall–Kier alpha value is -0.570. The first-order valence-electron chi connectivity index (χ1n) is 6.46. The monoisotopic (exact) mass is 252 g/mol. The summed E-state index contributed by atoms with van der Waals surface area (Å²) in [5, 5.41) is 4.51. The minimum atomic E-state index is 0.384. The lowest BCUT2D eigenvalue weighted by atomic mass is 10.0. The van der Waals surface area contributed by atoms with Crippen LogP contribution in [0.5, 0.6) is 0 Å². The Bertz CT molecular complexity index is 350. The molecule has 3 atom stereocenters. The molecule has 2 nitrogen and oxygen atoms in total. The summed E-state index contributed by atoms with van der Waals surface area (Å²) in [6.07, 6.45) is 4.54. The van der Waals surface area contributed by atoms with E-state index in [1.54, 1.807) is 0 Å². The first kappa shape index (κ1) is 12.9. The summed E-state index contributed by atoms with van der Waals surface area (Å²) in [6, 6.07) is 9.52. The molecule has 0 aromatic heterocycles. The fourth-order valence-corrected chi connectivity index (χ4v) is 2.72. The van der Waals surface area contributed by atoms with Crippen LogP contribution in [0.4, 0.5) is 0 Å². The van der Waals surface area contributed by atoms with E-state index in [0.29, 0.717) is 18.1 Å². The summed E-state index contributed by atoms with van der Waals surface area (Å²) in [6.45, 7) is 2.21. The average Bonchev–Trinajstić information content (AvgIpc) is 2.73. The van der Waals surface area contributed by atoms with Crippen LogP contribution in [0.3, 0.4) is 0 Å². The molecule has 1 fully saturated rings. The molecule has 0 heterocycles. The summed E-state index contributed by atoms with van der Waals surface area (Å²) in [5.74, 6) is 0. The molecule has 1 saturated carbocycles. The molecule has 0 saturated heterocycles. The lowest BCUT2D eigenvalue weighted by molar-refractivity contribution is 0.427. The Balaban J connectivity index is 1.98. The second-order valence-corrected chi connectivity index (χ2v) is 5.39. The third-order valence-corrected chi connectivity index (χ3v) is 3.84. The molecule has 1 aliphatic rings. The predicted octanol–water partition coefficient (Wildman–Crippen LogP) is 3.26. The van der Waals surface area contributed by atoms with E-state index in [4.69, 9.17) is 17.3 Å². The molecule has 0 spiro atoms. The minimum absolute atomic E-state index is 0.384. The first-order chi connectivity index (χ1) is 8.19. The van der Waals surface area contributed by atoms with Gasteiger partial charge in [0.1, 0.15) is 0 Å². The van der Waals surface area contributed by atoms with Gasteiger partial charge in [-0.1, -0.05) is 30.7 Å². The number of hydrogen-bond donors (Lipinski definition) is 2. The second kappa shape index (κ2) is 5.85. The number of nitrogens with two attached hydrogens (primary N) is 1. The van der Waals surface area contributed by atoms with Gasteiger partial charge in [0.05, 0.1) is 0 Å². The largest absolute Gasteiger partial charge is 0.328 e. The highest BCUT2D eigenvalue weighted by atomic mass is 35.5. The zero-order valence-electron chi connectivity index (χ0n) is 10.3. The molecule has 0 radical (unpaired) electrons. The van der Waals surface area contributed by atoms with E-state index in [0.717, 1.165) is 24.3 Å². The minimum Gasteiger partial charge on any atom is -0.328 e. The van der Waals surface area contributed by atoms with Crippen LogP contribution in [0.15, 0.2) is 24.3 Å². The van der Waals surface area contributed by atoms with Crippen LogP contribution in [-0.4, -0.2) is 12.1 Å². The molecule has 3 unspecified atom stereocenters. The van der Waals surface area contributed by atoms with Crippen molar-refractivity contribution in [2.45, 2.75) is 50.7 Å². The summed E-state index contributed by atoms with van der Waals surface area (Å²) in [4.78, 5) is 0. The lowest BCUT2D eigenvalue weighted by Crippen LogP contribution is -2.32. The highest BCUT2D eigenvalue weighted by Crippen LogP contribution is 2.24. The first-order valence-corrected chi connectivity index (χ1v) is 6.84. The van der Waals surface area contributed by atoms with E-state index in [1.165, 1.54) is 12.0 Å². The summed E-state index contributed by atoms with van der Waals surface area (Å²) in [5.41, 5.74) is 7.26. The van der Waals surface area contributed by atoms with Gasteiger partial charge in [0, 0.05) is 23.1 Å². The Kier molecular flexibility index (Phi) is 4.43. The SMILES string of the molecule is CCC(NC1CCC(N)C1)c1ccc(Cl)cc1. The van der Waals surface area contributed by atoms with Crippen LogP contribution in [-0.2, 0) is 0 Å². The van der Waals surface area contributed by atoms with Gasteiger partial charge in [-0.2, -0.15) is 0 Å².